The number of rotatable bonds is 2. The second-order valence-electron chi connectivity index (χ2n) is 5.82. The minimum atomic E-state index is -0.822. The van der Waals surface area contributed by atoms with Crippen molar-refractivity contribution in [3.05, 3.63) is 0 Å². The Morgan fingerprint density at radius 2 is 1.71 bits per heavy atom. The van der Waals surface area contributed by atoms with Crippen LogP contribution in [0.1, 0.15) is 46.5 Å². The minimum Gasteiger partial charge on any atom is -0.388 e. The highest BCUT2D eigenvalue weighted by Crippen LogP contribution is 2.28. The maximum absolute atomic E-state index is 11.5. The number of nitrogens with one attached hydrogen (secondary N) is 2. The van der Waals surface area contributed by atoms with Gasteiger partial charge in [-0.3, -0.25) is 9.59 Å². The third-order valence-corrected chi connectivity index (χ3v) is 2.81. The fourth-order valence-electron chi connectivity index (χ4n) is 1.93. The van der Waals surface area contributed by atoms with E-state index in [1.807, 2.05) is 20.8 Å². The number of carbonyl (C=O) groups is 2. The van der Waals surface area contributed by atoms with Crippen LogP contribution in [-0.4, -0.2) is 34.6 Å². The first kappa shape index (κ1) is 14.0. The van der Waals surface area contributed by atoms with Gasteiger partial charge in [0.2, 0.25) is 0 Å². The van der Waals surface area contributed by atoms with Crippen LogP contribution in [0.2, 0.25) is 0 Å². The summed E-state index contributed by atoms with van der Waals surface area (Å²) in [5, 5.41) is 15.1. The molecule has 3 N–H and O–H groups in total. The normalized spacial score (nSPS) is 18.8. The van der Waals surface area contributed by atoms with E-state index in [2.05, 4.69) is 10.6 Å². The van der Waals surface area contributed by atoms with E-state index >= 15 is 0 Å². The van der Waals surface area contributed by atoms with Crippen molar-refractivity contribution in [2.45, 2.75) is 57.6 Å². The van der Waals surface area contributed by atoms with Gasteiger partial charge in [-0.2, -0.15) is 0 Å². The third kappa shape index (κ3) is 4.73. The van der Waals surface area contributed by atoms with E-state index in [0.717, 1.165) is 12.8 Å². The molecule has 1 fully saturated rings. The lowest BCUT2D eigenvalue weighted by atomic mass is 10.0. The number of hydrogen-bond donors (Lipinski definition) is 3. The predicted octanol–water partition coefficient (Wildman–Crippen LogP) is 0.322. The van der Waals surface area contributed by atoms with Gasteiger partial charge < -0.3 is 15.7 Å². The maximum atomic E-state index is 11.5. The Bertz CT molecular complexity index is 301. The Morgan fingerprint density at radius 3 is 2.18 bits per heavy atom. The first-order chi connectivity index (χ1) is 7.72. The van der Waals surface area contributed by atoms with Crippen LogP contribution in [0.3, 0.4) is 0 Å². The topological polar surface area (TPSA) is 78.4 Å². The Balaban J connectivity index is 2.36. The van der Waals surface area contributed by atoms with Gasteiger partial charge in [-0.1, -0.05) is 12.8 Å². The lowest BCUT2D eigenvalue weighted by Crippen LogP contribution is -2.50. The Kier molecular flexibility index (Phi) is 4.14. The van der Waals surface area contributed by atoms with E-state index < -0.39 is 23.0 Å². The Labute approximate surface area is 102 Å². The monoisotopic (exact) mass is 242 g/mol. The van der Waals surface area contributed by atoms with Gasteiger partial charge in [0.1, 0.15) is 0 Å². The molecule has 1 rings (SSSR count). The molecule has 1 saturated carbocycles. The molecule has 0 bridgehead atoms. The van der Waals surface area contributed by atoms with Crippen LogP contribution in [0.4, 0.5) is 0 Å². The molecular formula is C12H22N2O3. The summed E-state index contributed by atoms with van der Waals surface area (Å²) in [6.45, 7) is 5.58. The summed E-state index contributed by atoms with van der Waals surface area (Å²) in [4.78, 5) is 22.9. The highest BCUT2D eigenvalue weighted by molar-refractivity contribution is 6.35. The van der Waals surface area contributed by atoms with Crippen LogP contribution in [0.15, 0.2) is 0 Å². The summed E-state index contributed by atoms with van der Waals surface area (Å²) in [5.74, 6) is -1.33. The summed E-state index contributed by atoms with van der Waals surface area (Å²) < 4.78 is 0. The number of hydrogen-bond acceptors (Lipinski definition) is 3. The highest BCUT2D eigenvalue weighted by Gasteiger charge is 2.32. The van der Waals surface area contributed by atoms with Gasteiger partial charge in [0.05, 0.1) is 5.60 Å². The van der Waals surface area contributed by atoms with Crippen molar-refractivity contribution < 1.29 is 14.7 Å². The van der Waals surface area contributed by atoms with Crippen LogP contribution in [-0.2, 0) is 9.59 Å². The molecule has 0 aromatic carbocycles. The van der Waals surface area contributed by atoms with Crippen molar-refractivity contribution in [3.8, 4) is 0 Å². The number of amides is 2. The molecule has 17 heavy (non-hydrogen) atoms. The van der Waals surface area contributed by atoms with Gasteiger partial charge in [0, 0.05) is 12.1 Å². The number of aliphatic hydroxyl groups is 1. The summed E-state index contributed by atoms with van der Waals surface area (Å²) in [5.41, 5.74) is -1.25. The molecule has 0 aromatic heterocycles. The maximum Gasteiger partial charge on any atom is 0.309 e. The Hall–Kier alpha value is -1.10. The average Bonchev–Trinajstić information content (AvgIpc) is 2.59. The van der Waals surface area contributed by atoms with Crippen LogP contribution in [0, 0.1) is 0 Å². The SMILES string of the molecule is CC(C)(C)NC(=O)C(=O)NCC1(O)CCCC1. The quantitative estimate of drug-likeness (QED) is 0.610. The van der Waals surface area contributed by atoms with Gasteiger partial charge >= 0.3 is 11.8 Å². The zero-order valence-corrected chi connectivity index (χ0v) is 10.8. The molecule has 0 radical (unpaired) electrons. The van der Waals surface area contributed by atoms with Crippen molar-refractivity contribution in [1.82, 2.24) is 10.6 Å². The molecule has 0 atom stereocenters. The van der Waals surface area contributed by atoms with Gasteiger partial charge in [-0.05, 0) is 33.6 Å². The standard InChI is InChI=1S/C12H22N2O3/c1-11(2,3)14-10(16)9(15)13-8-12(17)6-4-5-7-12/h17H,4-8H2,1-3H3,(H,13,15)(H,14,16). The molecule has 0 unspecified atom stereocenters. The van der Waals surface area contributed by atoms with Crippen molar-refractivity contribution in [2.24, 2.45) is 0 Å². The predicted molar refractivity (Wildman–Crippen MR) is 64.3 cm³/mol. The summed E-state index contributed by atoms with van der Waals surface area (Å²) in [6, 6.07) is 0. The molecule has 5 heteroatoms. The fourth-order valence-corrected chi connectivity index (χ4v) is 1.93. The van der Waals surface area contributed by atoms with E-state index in [1.54, 1.807) is 0 Å². The van der Waals surface area contributed by atoms with E-state index in [1.165, 1.54) is 0 Å². The molecule has 0 aromatic rings. The minimum absolute atomic E-state index is 0.156. The molecule has 0 spiro atoms. The first-order valence-corrected chi connectivity index (χ1v) is 6.05. The fraction of sp³-hybridized carbons (Fsp3) is 0.833. The van der Waals surface area contributed by atoms with E-state index in [0.29, 0.717) is 12.8 Å². The van der Waals surface area contributed by atoms with E-state index in [4.69, 9.17) is 0 Å². The van der Waals surface area contributed by atoms with Crippen LogP contribution >= 0.6 is 0 Å². The van der Waals surface area contributed by atoms with Gasteiger partial charge in [-0.25, -0.2) is 0 Å². The second-order valence-corrected chi connectivity index (χ2v) is 5.82. The zero-order chi connectivity index (χ0) is 13.1. The molecule has 1 aliphatic rings. The zero-order valence-electron chi connectivity index (χ0n) is 10.8. The van der Waals surface area contributed by atoms with Crippen LogP contribution in [0.25, 0.3) is 0 Å². The van der Waals surface area contributed by atoms with Gasteiger partial charge in [0.15, 0.2) is 0 Å². The Morgan fingerprint density at radius 1 is 1.18 bits per heavy atom. The van der Waals surface area contributed by atoms with E-state index in [9.17, 15) is 14.7 Å². The van der Waals surface area contributed by atoms with Crippen molar-refractivity contribution in [3.63, 3.8) is 0 Å². The van der Waals surface area contributed by atoms with Crippen LogP contribution < -0.4 is 10.6 Å². The van der Waals surface area contributed by atoms with E-state index in [-0.39, 0.29) is 6.54 Å². The molecule has 0 heterocycles. The summed E-state index contributed by atoms with van der Waals surface area (Å²) in [6.07, 6.45) is 3.32. The summed E-state index contributed by atoms with van der Waals surface area (Å²) >= 11 is 0. The number of carbonyl (C=O) groups excluding carboxylic acids is 2. The molecule has 0 saturated heterocycles. The van der Waals surface area contributed by atoms with Crippen molar-refractivity contribution in [1.29, 1.82) is 0 Å². The third-order valence-electron chi connectivity index (χ3n) is 2.81. The molecule has 5 nitrogen and oxygen atoms in total. The highest BCUT2D eigenvalue weighted by atomic mass is 16.3. The molecule has 0 aliphatic heterocycles. The average molecular weight is 242 g/mol. The van der Waals surface area contributed by atoms with Crippen molar-refractivity contribution >= 4 is 11.8 Å². The van der Waals surface area contributed by atoms with Gasteiger partial charge in [-0.15, -0.1) is 0 Å². The smallest absolute Gasteiger partial charge is 0.309 e. The van der Waals surface area contributed by atoms with Crippen molar-refractivity contribution in [2.75, 3.05) is 6.54 Å². The van der Waals surface area contributed by atoms with Gasteiger partial charge in [0.25, 0.3) is 0 Å². The molecule has 1 aliphatic carbocycles. The lowest BCUT2D eigenvalue weighted by Gasteiger charge is -2.23. The van der Waals surface area contributed by atoms with Crippen LogP contribution in [0.5, 0.6) is 0 Å². The summed E-state index contributed by atoms with van der Waals surface area (Å²) in [7, 11) is 0. The molecule has 98 valence electrons. The second kappa shape index (κ2) is 5.04. The first-order valence-electron chi connectivity index (χ1n) is 6.05. The molecular weight excluding hydrogens is 220 g/mol. The largest absolute Gasteiger partial charge is 0.388 e. The lowest BCUT2D eigenvalue weighted by molar-refractivity contribution is -0.140. The molecule has 2 amide bonds.